The number of rotatable bonds is 5. The molecule has 0 amide bonds. The summed E-state index contributed by atoms with van der Waals surface area (Å²) in [6, 6.07) is 0.809. The van der Waals surface area contributed by atoms with Gasteiger partial charge in [0.2, 0.25) is 0 Å². The summed E-state index contributed by atoms with van der Waals surface area (Å²) in [6.45, 7) is 5.34. The van der Waals surface area contributed by atoms with Gasteiger partial charge in [0.25, 0.3) is 0 Å². The van der Waals surface area contributed by atoms with Crippen molar-refractivity contribution in [2.75, 3.05) is 18.4 Å². The fraction of sp³-hybridized carbons (Fsp3) is 0.750. The average molecular weight is 274 g/mol. The van der Waals surface area contributed by atoms with E-state index in [2.05, 4.69) is 27.1 Å². The zero-order chi connectivity index (χ0) is 13.8. The van der Waals surface area contributed by atoms with Crippen LogP contribution < -0.4 is 5.32 Å². The van der Waals surface area contributed by atoms with E-state index in [0.717, 1.165) is 43.0 Å². The van der Waals surface area contributed by atoms with Gasteiger partial charge in [-0.05, 0) is 38.1 Å². The minimum absolute atomic E-state index is 0.809. The van der Waals surface area contributed by atoms with Crippen molar-refractivity contribution >= 4 is 5.82 Å². The van der Waals surface area contributed by atoms with Crippen molar-refractivity contribution in [3.63, 3.8) is 0 Å². The minimum atomic E-state index is 0.809. The number of nitrogens with one attached hydrogen (secondary N) is 1. The number of fused-ring (bicyclic) bond motifs is 1. The van der Waals surface area contributed by atoms with E-state index >= 15 is 0 Å². The van der Waals surface area contributed by atoms with E-state index in [1.54, 1.807) is 0 Å². The lowest BCUT2D eigenvalue weighted by Crippen LogP contribution is -2.34. The Kier molecular flexibility index (Phi) is 4.51. The van der Waals surface area contributed by atoms with Crippen molar-refractivity contribution in [2.45, 2.75) is 58.0 Å². The summed E-state index contributed by atoms with van der Waals surface area (Å²) >= 11 is 0. The van der Waals surface area contributed by atoms with E-state index in [1.165, 1.54) is 38.6 Å². The van der Waals surface area contributed by atoms with Gasteiger partial charge in [0.05, 0.1) is 18.1 Å². The van der Waals surface area contributed by atoms with E-state index in [-0.39, 0.29) is 0 Å². The number of hydrogen-bond donors (Lipinski definition) is 1. The molecule has 0 radical (unpaired) electrons. The molecule has 1 aliphatic carbocycles. The topological polar surface area (TPSA) is 41.1 Å². The molecular weight excluding hydrogens is 248 g/mol. The first-order valence-corrected chi connectivity index (χ1v) is 8.15. The van der Waals surface area contributed by atoms with Crippen molar-refractivity contribution in [3.05, 3.63) is 18.1 Å². The monoisotopic (exact) mass is 274 g/mol. The molecule has 0 spiro atoms. The molecule has 1 aromatic heterocycles. The number of aromatic nitrogens is 2. The Balaban J connectivity index is 1.57. The Morgan fingerprint density at radius 1 is 1.20 bits per heavy atom. The fourth-order valence-corrected chi connectivity index (χ4v) is 3.69. The van der Waals surface area contributed by atoms with Crippen molar-refractivity contribution in [1.82, 2.24) is 14.9 Å². The molecule has 2 aliphatic rings. The second-order valence-electron chi connectivity index (χ2n) is 6.19. The standard InChI is InChI=1S/C16H26N4/c1-2-8-17-16-11-18-14(10-19-16)12-20-9-7-13-5-3-4-6-15(13)20/h10-11,13,15H,2-9,12H2,1H3,(H,17,19). The number of likely N-dealkylation sites (tertiary alicyclic amines) is 1. The fourth-order valence-electron chi connectivity index (χ4n) is 3.69. The number of anilines is 1. The van der Waals surface area contributed by atoms with Crippen LogP contribution >= 0.6 is 0 Å². The Hall–Kier alpha value is -1.16. The molecule has 0 aromatic carbocycles. The van der Waals surface area contributed by atoms with Crippen LogP contribution in [-0.4, -0.2) is 34.0 Å². The Bertz CT molecular complexity index is 417. The van der Waals surface area contributed by atoms with Crippen LogP contribution in [0.3, 0.4) is 0 Å². The van der Waals surface area contributed by atoms with Crippen LogP contribution in [0.15, 0.2) is 12.4 Å². The molecule has 1 N–H and O–H groups in total. The third kappa shape index (κ3) is 3.11. The van der Waals surface area contributed by atoms with Crippen LogP contribution in [-0.2, 0) is 6.54 Å². The SMILES string of the molecule is CCCNc1cnc(CN2CCC3CCCCC32)cn1. The molecule has 0 bridgehead atoms. The smallest absolute Gasteiger partial charge is 0.144 e. The van der Waals surface area contributed by atoms with E-state index in [0.29, 0.717) is 0 Å². The Morgan fingerprint density at radius 2 is 2.10 bits per heavy atom. The van der Waals surface area contributed by atoms with Gasteiger partial charge in [-0.3, -0.25) is 9.88 Å². The predicted molar refractivity (Wildman–Crippen MR) is 81.6 cm³/mol. The molecule has 1 saturated carbocycles. The summed E-state index contributed by atoms with van der Waals surface area (Å²) in [5, 5.41) is 3.27. The number of nitrogens with zero attached hydrogens (tertiary/aromatic N) is 3. The molecule has 2 heterocycles. The lowest BCUT2D eigenvalue weighted by Gasteiger charge is -2.31. The first-order chi connectivity index (χ1) is 9.86. The highest BCUT2D eigenvalue weighted by Gasteiger charge is 2.35. The van der Waals surface area contributed by atoms with Gasteiger partial charge in [0.15, 0.2) is 0 Å². The summed E-state index contributed by atoms with van der Waals surface area (Å²) in [6.07, 6.45) is 12.0. The van der Waals surface area contributed by atoms with Crippen LogP contribution in [0.2, 0.25) is 0 Å². The van der Waals surface area contributed by atoms with Crippen LogP contribution in [0.1, 0.15) is 51.1 Å². The molecule has 1 aliphatic heterocycles. The molecule has 1 aromatic rings. The summed E-state index contributed by atoms with van der Waals surface area (Å²) in [4.78, 5) is 11.7. The summed E-state index contributed by atoms with van der Waals surface area (Å²) in [5.41, 5.74) is 1.11. The molecule has 1 saturated heterocycles. The Morgan fingerprint density at radius 3 is 2.90 bits per heavy atom. The van der Waals surface area contributed by atoms with Crippen LogP contribution in [0.5, 0.6) is 0 Å². The van der Waals surface area contributed by atoms with Gasteiger partial charge in [-0.15, -0.1) is 0 Å². The molecule has 2 atom stereocenters. The maximum Gasteiger partial charge on any atom is 0.144 e. The van der Waals surface area contributed by atoms with Crippen LogP contribution in [0, 0.1) is 5.92 Å². The second kappa shape index (κ2) is 6.53. The van der Waals surface area contributed by atoms with Gasteiger partial charge in [-0.1, -0.05) is 19.8 Å². The summed E-state index contributed by atoms with van der Waals surface area (Å²) < 4.78 is 0. The molecule has 4 nitrogen and oxygen atoms in total. The highest BCUT2D eigenvalue weighted by molar-refractivity contribution is 5.30. The first-order valence-electron chi connectivity index (χ1n) is 8.15. The summed E-state index contributed by atoms with van der Waals surface area (Å²) in [7, 11) is 0. The van der Waals surface area contributed by atoms with Crippen molar-refractivity contribution in [2.24, 2.45) is 5.92 Å². The van der Waals surface area contributed by atoms with Gasteiger partial charge >= 0.3 is 0 Å². The molecule has 3 rings (SSSR count). The van der Waals surface area contributed by atoms with E-state index in [1.807, 2.05) is 12.4 Å². The molecule has 110 valence electrons. The second-order valence-corrected chi connectivity index (χ2v) is 6.19. The Labute approximate surface area is 122 Å². The van der Waals surface area contributed by atoms with Gasteiger partial charge in [-0.25, -0.2) is 4.98 Å². The van der Waals surface area contributed by atoms with Crippen molar-refractivity contribution in [3.8, 4) is 0 Å². The van der Waals surface area contributed by atoms with Crippen LogP contribution in [0.4, 0.5) is 5.82 Å². The van der Waals surface area contributed by atoms with Gasteiger partial charge in [-0.2, -0.15) is 0 Å². The predicted octanol–water partition coefficient (Wildman–Crippen LogP) is 3.06. The largest absolute Gasteiger partial charge is 0.369 e. The van der Waals surface area contributed by atoms with E-state index in [9.17, 15) is 0 Å². The van der Waals surface area contributed by atoms with E-state index < -0.39 is 0 Å². The average Bonchev–Trinajstić information content (AvgIpc) is 2.90. The highest BCUT2D eigenvalue weighted by Crippen LogP contribution is 2.36. The number of hydrogen-bond acceptors (Lipinski definition) is 4. The normalized spacial score (nSPS) is 26.4. The molecular formula is C16H26N4. The van der Waals surface area contributed by atoms with Gasteiger partial charge in [0.1, 0.15) is 5.82 Å². The lowest BCUT2D eigenvalue weighted by molar-refractivity contribution is 0.174. The van der Waals surface area contributed by atoms with Crippen molar-refractivity contribution < 1.29 is 0 Å². The zero-order valence-corrected chi connectivity index (χ0v) is 12.5. The first kappa shape index (κ1) is 13.8. The van der Waals surface area contributed by atoms with Crippen molar-refractivity contribution in [1.29, 1.82) is 0 Å². The molecule has 20 heavy (non-hydrogen) atoms. The third-order valence-electron chi connectivity index (χ3n) is 4.75. The highest BCUT2D eigenvalue weighted by atomic mass is 15.2. The minimum Gasteiger partial charge on any atom is -0.369 e. The van der Waals surface area contributed by atoms with Gasteiger partial charge in [0, 0.05) is 19.1 Å². The lowest BCUT2D eigenvalue weighted by atomic mass is 9.85. The van der Waals surface area contributed by atoms with Gasteiger partial charge < -0.3 is 5.32 Å². The van der Waals surface area contributed by atoms with Crippen LogP contribution in [0.25, 0.3) is 0 Å². The third-order valence-corrected chi connectivity index (χ3v) is 4.75. The molecule has 2 fully saturated rings. The van der Waals surface area contributed by atoms with E-state index in [4.69, 9.17) is 0 Å². The zero-order valence-electron chi connectivity index (χ0n) is 12.5. The maximum absolute atomic E-state index is 4.57. The summed E-state index contributed by atoms with van der Waals surface area (Å²) in [5.74, 6) is 1.84. The quantitative estimate of drug-likeness (QED) is 0.896. The molecule has 4 heteroatoms. The maximum atomic E-state index is 4.57. The molecule has 2 unspecified atom stereocenters.